The van der Waals surface area contributed by atoms with Gasteiger partial charge in [0.05, 0.1) is 5.69 Å². The van der Waals surface area contributed by atoms with Crippen LogP contribution in [-0.2, 0) is 16.8 Å². The molecule has 1 aromatic rings. The molecule has 0 bridgehead atoms. The van der Waals surface area contributed by atoms with E-state index in [-0.39, 0.29) is 5.60 Å². The van der Waals surface area contributed by atoms with Crippen LogP contribution in [0, 0.1) is 0 Å². The first-order valence-electron chi connectivity index (χ1n) is 7.99. The van der Waals surface area contributed by atoms with Gasteiger partial charge in [0.25, 0.3) is 0 Å². The molecule has 3 nitrogen and oxygen atoms in total. The molecule has 1 heterocycles. The molecule has 2 aliphatic carbocycles. The summed E-state index contributed by atoms with van der Waals surface area (Å²) in [5.41, 5.74) is 1.29. The summed E-state index contributed by atoms with van der Waals surface area (Å²) >= 11 is 1.93. The van der Waals surface area contributed by atoms with Gasteiger partial charge in [-0.15, -0.1) is 11.3 Å². The first-order valence-corrected chi connectivity index (χ1v) is 8.80. The SMILES string of the molecule is CNCC1CCCc2sc(C3(OC)CCCCC3)nc21. The molecule has 0 spiro atoms. The minimum Gasteiger partial charge on any atom is -0.371 e. The zero-order valence-corrected chi connectivity index (χ0v) is 13.5. The molecule has 112 valence electrons. The number of nitrogens with one attached hydrogen (secondary N) is 1. The Bertz CT molecular complexity index is 451. The van der Waals surface area contributed by atoms with Crippen LogP contribution in [0.4, 0.5) is 0 Å². The van der Waals surface area contributed by atoms with Crippen LogP contribution in [0.3, 0.4) is 0 Å². The number of aryl methyl sites for hydroxylation is 1. The van der Waals surface area contributed by atoms with E-state index in [0.29, 0.717) is 5.92 Å². The van der Waals surface area contributed by atoms with Gasteiger partial charge in [0.1, 0.15) is 10.6 Å². The van der Waals surface area contributed by atoms with Gasteiger partial charge >= 0.3 is 0 Å². The van der Waals surface area contributed by atoms with Crippen LogP contribution in [0.2, 0.25) is 0 Å². The summed E-state index contributed by atoms with van der Waals surface area (Å²) in [6.45, 7) is 1.05. The second kappa shape index (κ2) is 6.12. The Morgan fingerprint density at radius 3 is 2.80 bits per heavy atom. The highest BCUT2D eigenvalue weighted by Gasteiger charge is 2.38. The van der Waals surface area contributed by atoms with Crippen LogP contribution in [0.25, 0.3) is 0 Å². The van der Waals surface area contributed by atoms with E-state index in [2.05, 4.69) is 5.32 Å². The number of thiazole rings is 1. The van der Waals surface area contributed by atoms with Crippen molar-refractivity contribution in [3.8, 4) is 0 Å². The summed E-state index contributed by atoms with van der Waals surface area (Å²) < 4.78 is 5.97. The average molecular weight is 294 g/mol. The van der Waals surface area contributed by atoms with E-state index in [0.717, 1.165) is 19.4 Å². The first-order chi connectivity index (χ1) is 9.79. The van der Waals surface area contributed by atoms with Crippen molar-refractivity contribution in [3.63, 3.8) is 0 Å². The molecular formula is C16H26N2OS. The zero-order valence-electron chi connectivity index (χ0n) is 12.7. The van der Waals surface area contributed by atoms with Gasteiger partial charge in [-0.25, -0.2) is 4.98 Å². The van der Waals surface area contributed by atoms with Crippen molar-refractivity contribution in [2.75, 3.05) is 20.7 Å². The quantitative estimate of drug-likeness (QED) is 0.921. The molecule has 1 atom stereocenters. The van der Waals surface area contributed by atoms with Gasteiger partial charge < -0.3 is 10.1 Å². The normalized spacial score (nSPS) is 25.4. The number of fused-ring (bicyclic) bond motifs is 1. The van der Waals surface area contributed by atoms with E-state index in [9.17, 15) is 0 Å². The fourth-order valence-electron chi connectivity index (χ4n) is 3.78. The Morgan fingerprint density at radius 1 is 1.30 bits per heavy atom. The molecule has 1 saturated carbocycles. The van der Waals surface area contributed by atoms with Gasteiger partial charge in [-0.3, -0.25) is 0 Å². The topological polar surface area (TPSA) is 34.1 Å². The van der Waals surface area contributed by atoms with Crippen LogP contribution < -0.4 is 5.32 Å². The zero-order chi connectivity index (χ0) is 14.0. The summed E-state index contributed by atoms with van der Waals surface area (Å²) in [5.74, 6) is 0.603. The van der Waals surface area contributed by atoms with Crippen LogP contribution in [0.1, 0.15) is 66.4 Å². The third kappa shape index (κ3) is 2.53. The Kier molecular flexibility index (Phi) is 4.43. The van der Waals surface area contributed by atoms with E-state index in [4.69, 9.17) is 9.72 Å². The fourth-order valence-corrected chi connectivity index (χ4v) is 5.19. The van der Waals surface area contributed by atoms with Gasteiger partial charge in [0, 0.05) is 24.4 Å². The number of hydrogen-bond acceptors (Lipinski definition) is 4. The Balaban J connectivity index is 1.91. The van der Waals surface area contributed by atoms with Crippen molar-refractivity contribution >= 4 is 11.3 Å². The minimum absolute atomic E-state index is 0.0789. The largest absolute Gasteiger partial charge is 0.371 e. The highest BCUT2D eigenvalue weighted by Crippen LogP contribution is 2.45. The van der Waals surface area contributed by atoms with Crippen LogP contribution in [-0.4, -0.2) is 25.7 Å². The van der Waals surface area contributed by atoms with E-state index in [1.807, 2.05) is 25.5 Å². The summed E-state index contributed by atoms with van der Waals surface area (Å²) in [6, 6.07) is 0. The lowest BCUT2D eigenvalue weighted by Gasteiger charge is -2.34. The third-order valence-electron chi connectivity index (χ3n) is 4.96. The number of nitrogens with zero attached hydrogens (tertiary/aromatic N) is 1. The lowest BCUT2D eigenvalue weighted by Crippen LogP contribution is -2.31. The maximum Gasteiger partial charge on any atom is 0.125 e. The van der Waals surface area contributed by atoms with Crippen molar-refractivity contribution in [2.24, 2.45) is 0 Å². The maximum atomic E-state index is 5.97. The number of hydrogen-bond donors (Lipinski definition) is 1. The molecule has 2 aliphatic rings. The third-order valence-corrected chi connectivity index (χ3v) is 6.28. The molecule has 0 aromatic carbocycles. The molecule has 0 saturated heterocycles. The van der Waals surface area contributed by atoms with Crippen LogP contribution >= 0.6 is 11.3 Å². The lowest BCUT2D eigenvalue weighted by atomic mass is 9.85. The summed E-state index contributed by atoms with van der Waals surface area (Å²) in [7, 11) is 3.91. The summed E-state index contributed by atoms with van der Waals surface area (Å²) in [4.78, 5) is 6.59. The number of aromatic nitrogens is 1. The molecule has 20 heavy (non-hydrogen) atoms. The lowest BCUT2D eigenvalue weighted by molar-refractivity contribution is -0.0447. The van der Waals surface area contributed by atoms with E-state index >= 15 is 0 Å². The molecule has 3 rings (SSSR count). The Hall–Kier alpha value is -0.450. The van der Waals surface area contributed by atoms with Crippen molar-refractivity contribution in [2.45, 2.75) is 62.9 Å². The van der Waals surface area contributed by atoms with Crippen molar-refractivity contribution in [3.05, 3.63) is 15.6 Å². The number of rotatable bonds is 4. The smallest absolute Gasteiger partial charge is 0.125 e. The average Bonchev–Trinajstić information content (AvgIpc) is 2.94. The van der Waals surface area contributed by atoms with Crippen LogP contribution in [0.5, 0.6) is 0 Å². The maximum absolute atomic E-state index is 5.97. The predicted molar refractivity (Wildman–Crippen MR) is 83.5 cm³/mol. The van der Waals surface area contributed by atoms with E-state index in [1.165, 1.54) is 54.1 Å². The molecule has 1 aromatic heterocycles. The standard InChI is InChI=1S/C16H26N2OS/c1-17-11-12-7-6-8-13-14(12)18-15(20-13)16(19-2)9-4-3-5-10-16/h12,17H,3-11H2,1-2H3. The van der Waals surface area contributed by atoms with Gasteiger partial charge in [0.15, 0.2) is 0 Å². The summed E-state index contributed by atoms with van der Waals surface area (Å²) in [6.07, 6.45) is 9.98. The number of methoxy groups -OCH3 is 1. The van der Waals surface area contributed by atoms with E-state index < -0.39 is 0 Å². The first kappa shape index (κ1) is 14.5. The molecule has 0 aliphatic heterocycles. The predicted octanol–water partition coefficient (Wildman–Crippen LogP) is 3.59. The summed E-state index contributed by atoms with van der Waals surface area (Å²) in [5, 5.41) is 4.58. The van der Waals surface area contributed by atoms with Gasteiger partial charge in [-0.05, 0) is 39.2 Å². The molecule has 1 N–H and O–H groups in total. The minimum atomic E-state index is -0.0789. The fraction of sp³-hybridized carbons (Fsp3) is 0.812. The number of likely N-dealkylation sites (N-methyl/N-ethyl adjacent to an activating group) is 1. The van der Waals surface area contributed by atoms with Crippen molar-refractivity contribution in [1.29, 1.82) is 0 Å². The van der Waals surface area contributed by atoms with Crippen molar-refractivity contribution in [1.82, 2.24) is 10.3 Å². The Morgan fingerprint density at radius 2 is 2.10 bits per heavy atom. The van der Waals surface area contributed by atoms with Gasteiger partial charge in [-0.1, -0.05) is 19.3 Å². The van der Waals surface area contributed by atoms with Gasteiger partial charge in [0.2, 0.25) is 0 Å². The molecule has 1 unspecified atom stereocenters. The number of ether oxygens (including phenoxy) is 1. The second-order valence-corrected chi connectivity index (χ2v) is 7.32. The molecule has 1 fully saturated rings. The molecule has 0 amide bonds. The monoisotopic (exact) mass is 294 g/mol. The van der Waals surface area contributed by atoms with Crippen molar-refractivity contribution < 1.29 is 4.74 Å². The highest BCUT2D eigenvalue weighted by atomic mass is 32.1. The molecule has 4 heteroatoms. The van der Waals surface area contributed by atoms with E-state index in [1.54, 1.807) is 0 Å². The Labute approximate surface area is 126 Å². The molecule has 0 radical (unpaired) electrons. The van der Waals surface area contributed by atoms with Crippen LogP contribution in [0.15, 0.2) is 0 Å². The molecular weight excluding hydrogens is 268 g/mol. The second-order valence-electron chi connectivity index (χ2n) is 6.23. The highest BCUT2D eigenvalue weighted by molar-refractivity contribution is 7.11. The van der Waals surface area contributed by atoms with Gasteiger partial charge in [-0.2, -0.15) is 0 Å².